The number of unbranched alkanes of at least 4 members (excludes halogenated alkanes) is 1. The summed E-state index contributed by atoms with van der Waals surface area (Å²) in [6.07, 6.45) is 4.08. The Morgan fingerprint density at radius 1 is 1.13 bits per heavy atom. The summed E-state index contributed by atoms with van der Waals surface area (Å²) in [5.74, 6) is -2.90. The predicted molar refractivity (Wildman–Crippen MR) is 109 cm³/mol. The monoisotopic (exact) mass is 426 g/mol. The molecule has 31 heavy (non-hydrogen) atoms. The highest BCUT2D eigenvalue weighted by molar-refractivity contribution is 6.03. The van der Waals surface area contributed by atoms with Gasteiger partial charge in [-0.05, 0) is 55.4 Å². The number of amides is 4. The van der Waals surface area contributed by atoms with Crippen molar-refractivity contribution in [2.24, 2.45) is 5.73 Å². The zero-order valence-corrected chi connectivity index (χ0v) is 16.8. The van der Waals surface area contributed by atoms with Gasteiger partial charge in [0.1, 0.15) is 17.6 Å². The molecule has 1 aromatic heterocycles. The summed E-state index contributed by atoms with van der Waals surface area (Å²) in [4.78, 5) is 50.9. The first kappa shape index (κ1) is 22.1. The van der Waals surface area contributed by atoms with Crippen molar-refractivity contribution in [3.05, 3.63) is 64.7 Å². The first-order chi connectivity index (χ1) is 14.9. The maximum absolute atomic E-state index is 14.9. The molecule has 1 aliphatic heterocycles. The number of pyridine rings is 1. The topological polar surface area (TPSA) is 131 Å². The van der Waals surface area contributed by atoms with Crippen molar-refractivity contribution >= 4 is 23.6 Å². The molecule has 162 valence electrons. The molecule has 2 aromatic rings. The van der Waals surface area contributed by atoms with E-state index in [4.69, 9.17) is 5.73 Å². The van der Waals surface area contributed by atoms with Crippen LogP contribution in [-0.4, -0.2) is 34.7 Å². The van der Waals surface area contributed by atoms with E-state index in [1.807, 2.05) is 0 Å². The van der Waals surface area contributed by atoms with E-state index < -0.39 is 35.5 Å². The molecule has 0 aliphatic carbocycles. The molecule has 1 atom stereocenters. The van der Waals surface area contributed by atoms with Crippen LogP contribution in [0.1, 0.15) is 57.7 Å². The largest absolute Gasteiger partial charge is 0.364 e. The standard InChI is InChI=1S/C22H23FN4O4/c23-18-13(5-1-2-6-14-8-4-12-25-19(14)20(24)29)7-3-9-15(18)21(30)26-16-10-11-17(28)27-22(16)31/h3-4,7-9,12,16H,1-2,5-6,10-11H2,(H2,24,29)(H,26,30)(H,27,28,31). The SMILES string of the molecule is NC(=O)c1ncccc1CCCCc1cccc(C(=O)NC2CCC(=O)NC2=O)c1F. The van der Waals surface area contributed by atoms with Gasteiger partial charge < -0.3 is 11.1 Å². The van der Waals surface area contributed by atoms with Crippen molar-refractivity contribution in [1.29, 1.82) is 0 Å². The zero-order valence-electron chi connectivity index (χ0n) is 16.8. The summed E-state index contributed by atoms with van der Waals surface area (Å²) in [6.45, 7) is 0. The third kappa shape index (κ3) is 5.50. The van der Waals surface area contributed by atoms with Crippen LogP contribution in [0.3, 0.4) is 0 Å². The number of hydrogen-bond acceptors (Lipinski definition) is 5. The molecule has 0 bridgehead atoms. The first-order valence-electron chi connectivity index (χ1n) is 10.0. The zero-order chi connectivity index (χ0) is 22.4. The lowest BCUT2D eigenvalue weighted by atomic mass is 10.00. The molecule has 3 rings (SSSR count). The molecule has 1 aromatic carbocycles. The van der Waals surface area contributed by atoms with E-state index >= 15 is 0 Å². The number of piperidine rings is 1. The Bertz CT molecular complexity index is 1020. The second-order valence-corrected chi connectivity index (χ2v) is 7.34. The van der Waals surface area contributed by atoms with E-state index in [0.29, 0.717) is 31.2 Å². The van der Waals surface area contributed by atoms with E-state index in [9.17, 15) is 23.6 Å². The van der Waals surface area contributed by atoms with Crippen molar-refractivity contribution in [3.8, 4) is 0 Å². The van der Waals surface area contributed by atoms with Crippen LogP contribution in [0.25, 0.3) is 0 Å². The number of benzene rings is 1. The van der Waals surface area contributed by atoms with Crippen molar-refractivity contribution in [1.82, 2.24) is 15.6 Å². The molecule has 0 radical (unpaired) electrons. The van der Waals surface area contributed by atoms with E-state index in [1.165, 1.54) is 12.3 Å². The average Bonchev–Trinajstić information content (AvgIpc) is 2.74. The highest BCUT2D eigenvalue weighted by atomic mass is 19.1. The number of primary amides is 1. The van der Waals surface area contributed by atoms with Crippen LogP contribution in [0, 0.1) is 5.82 Å². The molecule has 0 spiro atoms. The van der Waals surface area contributed by atoms with Crippen molar-refractivity contribution in [3.63, 3.8) is 0 Å². The van der Waals surface area contributed by atoms with E-state index in [-0.39, 0.29) is 24.1 Å². The van der Waals surface area contributed by atoms with Gasteiger partial charge in [-0.15, -0.1) is 0 Å². The lowest BCUT2D eigenvalue weighted by Gasteiger charge is -2.22. The van der Waals surface area contributed by atoms with Gasteiger partial charge in [0.05, 0.1) is 5.56 Å². The molecular weight excluding hydrogens is 403 g/mol. The number of halogens is 1. The Labute approximate surface area is 178 Å². The fourth-order valence-electron chi connectivity index (χ4n) is 3.51. The molecule has 8 nitrogen and oxygen atoms in total. The second kappa shape index (κ2) is 9.92. The van der Waals surface area contributed by atoms with E-state index in [1.54, 1.807) is 24.3 Å². The molecule has 1 aliphatic rings. The summed E-state index contributed by atoms with van der Waals surface area (Å²) < 4.78 is 14.9. The van der Waals surface area contributed by atoms with Crippen molar-refractivity contribution in [2.45, 2.75) is 44.6 Å². The molecule has 0 saturated carbocycles. The Morgan fingerprint density at radius 2 is 1.84 bits per heavy atom. The molecule has 4 amide bonds. The van der Waals surface area contributed by atoms with Crippen molar-refractivity contribution in [2.75, 3.05) is 0 Å². The molecule has 1 saturated heterocycles. The number of hydrogen-bond donors (Lipinski definition) is 3. The van der Waals surface area contributed by atoms with Gasteiger partial charge >= 0.3 is 0 Å². The van der Waals surface area contributed by atoms with Gasteiger partial charge in [-0.3, -0.25) is 29.5 Å². The quantitative estimate of drug-likeness (QED) is 0.434. The minimum atomic E-state index is -0.868. The van der Waals surface area contributed by atoms with Crippen LogP contribution >= 0.6 is 0 Å². The molecule has 2 heterocycles. The van der Waals surface area contributed by atoms with E-state index in [0.717, 1.165) is 5.56 Å². The van der Waals surface area contributed by atoms with Gasteiger partial charge in [-0.25, -0.2) is 4.39 Å². The number of carbonyl (C=O) groups excluding carboxylic acids is 4. The van der Waals surface area contributed by atoms with Crippen LogP contribution in [-0.2, 0) is 22.4 Å². The van der Waals surface area contributed by atoms with Crippen LogP contribution < -0.4 is 16.4 Å². The number of carbonyl (C=O) groups is 4. The third-order valence-electron chi connectivity index (χ3n) is 5.13. The van der Waals surface area contributed by atoms with Gasteiger partial charge in [0.15, 0.2) is 0 Å². The van der Waals surface area contributed by atoms with Gasteiger partial charge in [0.25, 0.3) is 11.8 Å². The van der Waals surface area contributed by atoms with Crippen LogP contribution in [0.4, 0.5) is 4.39 Å². The van der Waals surface area contributed by atoms with Gasteiger partial charge in [0, 0.05) is 12.6 Å². The van der Waals surface area contributed by atoms with Gasteiger partial charge in [-0.2, -0.15) is 0 Å². The van der Waals surface area contributed by atoms with Crippen molar-refractivity contribution < 1.29 is 23.6 Å². The molecule has 1 unspecified atom stereocenters. The minimum absolute atomic E-state index is 0.119. The normalized spacial score (nSPS) is 16.0. The summed E-state index contributed by atoms with van der Waals surface area (Å²) in [5, 5.41) is 4.64. The molecule has 9 heteroatoms. The van der Waals surface area contributed by atoms with Gasteiger partial charge in [-0.1, -0.05) is 18.2 Å². The first-order valence-corrected chi connectivity index (χ1v) is 10.0. The number of nitrogens with one attached hydrogen (secondary N) is 2. The average molecular weight is 426 g/mol. The summed E-state index contributed by atoms with van der Waals surface area (Å²) in [5.41, 5.74) is 6.55. The number of imide groups is 1. The third-order valence-corrected chi connectivity index (χ3v) is 5.13. The summed E-state index contributed by atoms with van der Waals surface area (Å²) >= 11 is 0. The van der Waals surface area contributed by atoms with Crippen LogP contribution in [0.5, 0.6) is 0 Å². The summed E-state index contributed by atoms with van der Waals surface area (Å²) in [6, 6.07) is 7.20. The fraction of sp³-hybridized carbons (Fsp3) is 0.318. The van der Waals surface area contributed by atoms with Crippen LogP contribution in [0.2, 0.25) is 0 Å². The molecule has 1 fully saturated rings. The maximum atomic E-state index is 14.9. The number of aryl methyl sites for hydroxylation is 2. The highest BCUT2D eigenvalue weighted by Gasteiger charge is 2.29. The lowest BCUT2D eigenvalue weighted by molar-refractivity contribution is -0.134. The Hall–Kier alpha value is -3.62. The predicted octanol–water partition coefficient (Wildman–Crippen LogP) is 1.42. The Kier molecular flexibility index (Phi) is 7.07. The van der Waals surface area contributed by atoms with E-state index in [2.05, 4.69) is 15.6 Å². The fourth-order valence-corrected chi connectivity index (χ4v) is 3.51. The summed E-state index contributed by atoms with van der Waals surface area (Å²) in [7, 11) is 0. The Morgan fingerprint density at radius 3 is 2.55 bits per heavy atom. The Balaban J connectivity index is 1.58. The number of rotatable bonds is 8. The lowest BCUT2D eigenvalue weighted by Crippen LogP contribution is -2.52. The molecular formula is C22H23FN4O4. The number of aromatic nitrogens is 1. The van der Waals surface area contributed by atoms with Crippen LogP contribution in [0.15, 0.2) is 36.5 Å². The highest BCUT2D eigenvalue weighted by Crippen LogP contribution is 2.18. The smallest absolute Gasteiger partial charge is 0.267 e. The number of nitrogens with two attached hydrogens (primary N) is 1. The number of nitrogens with zero attached hydrogens (tertiary/aromatic N) is 1. The van der Waals surface area contributed by atoms with Gasteiger partial charge in [0.2, 0.25) is 11.8 Å². The second-order valence-electron chi connectivity index (χ2n) is 7.34. The molecule has 4 N–H and O–H groups in total. The minimum Gasteiger partial charge on any atom is -0.364 e. The maximum Gasteiger partial charge on any atom is 0.267 e.